The summed E-state index contributed by atoms with van der Waals surface area (Å²) in [5, 5.41) is 2.23. The molecule has 9 aromatic rings. The predicted octanol–water partition coefficient (Wildman–Crippen LogP) is 14.4. The van der Waals surface area contributed by atoms with Crippen molar-refractivity contribution in [3.63, 3.8) is 0 Å². The average molecular weight is 680 g/mol. The van der Waals surface area contributed by atoms with Gasteiger partial charge in [0.1, 0.15) is 11.2 Å². The highest BCUT2D eigenvalue weighted by Gasteiger charge is 2.39. The van der Waals surface area contributed by atoms with E-state index in [1.807, 2.05) is 6.07 Å². The molecule has 1 aliphatic rings. The lowest BCUT2D eigenvalue weighted by Gasteiger charge is -2.35. The molecule has 0 amide bonds. The van der Waals surface area contributed by atoms with Gasteiger partial charge < -0.3 is 9.32 Å². The molecule has 53 heavy (non-hydrogen) atoms. The second-order valence-electron chi connectivity index (χ2n) is 14.4. The summed E-state index contributed by atoms with van der Waals surface area (Å²) in [4.78, 5) is 2.54. The number of rotatable bonds is 6. The van der Waals surface area contributed by atoms with E-state index in [9.17, 15) is 0 Å². The highest BCUT2D eigenvalue weighted by molar-refractivity contribution is 6.16. The fourth-order valence-corrected chi connectivity index (χ4v) is 8.78. The van der Waals surface area contributed by atoms with Crippen LogP contribution in [0.4, 0.5) is 17.1 Å². The van der Waals surface area contributed by atoms with E-state index in [0.29, 0.717) is 0 Å². The molecule has 2 heteroatoms. The Morgan fingerprint density at radius 1 is 0.396 bits per heavy atom. The highest BCUT2D eigenvalue weighted by Crippen LogP contribution is 2.57. The number of nitrogens with zero attached hydrogens (tertiary/aromatic N) is 1. The third-order valence-electron chi connectivity index (χ3n) is 11.1. The number of anilines is 3. The summed E-state index contributed by atoms with van der Waals surface area (Å²) in [7, 11) is 0. The molecule has 2 nitrogen and oxygen atoms in total. The van der Waals surface area contributed by atoms with Crippen molar-refractivity contribution in [2.24, 2.45) is 0 Å². The second kappa shape index (κ2) is 12.3. The minimum Gasteiger partial charge on any atom is -0.456 e. The molecule has 252 valence electrons. The fourth-order valence-electron chi connectivity index (χ4n) is 8.78. The van der Waals surface area contributed by atoms with Gasteiger partial charge in [-0.3, -0.25) is 0 Å². The molecule has 0 unspecified atom stereocenters. The third kappa shape index (κ3) is 4.87. The van der Waals surface area contributed by atoms with Crippen LogP contribution < -0.4 is 4.90 Å². The lowest BCUT2D eigenvalue weighted by atomic mass is 9.81. The topological polar surface area (TPSA) is 16.4 Å². The molecule has 0 saturated carbocycles. The Hall–Kier alpha value is -6.64. The lowest BCUT2D eigenvalue weighted by molar-refractivity contribution is 0.661. The average Bonchev–Trinajstić information content (AvgIpc) is 3.71. The maximum atomic E-state index is 6.52. The summed E-state index contributed by atoms with van der Waals surface area (Å²) in [5.41, 5.74) is 17.2. The van der Waals surface area contributed by atoms with E-state index in [0.717, 1.165) is 55.6 Å². The van der Waals surface area contributed by atoms with Crippen LogP contribution >= 0.6 is 0 Å². The van der Waals surface area contributed by atoms with Crippen molar-refractivity contribution in [2.75, 3.05) is 4.90 Å². The summed E-state index contributed by atoms with van der Waals surface area (Å²) >= 11 is 0. The predicted molar refractivity (Wildman–Crippen MR) is 222 cm³/mol. The van der Waals surface area contributed by atoms with Gasteiger partial charge >= 0.3 is 0 Å². The van der Waals surface area contributed by atoms with Crippen LogP contribution in [0.2, 0.25) is 0 Å². The van der Waals surface area contributed by atoms with Gasteiger partial charge in [-0.25, -0.2) is 0 Å². The minimum absolute atomic E-state index is 0.236. The first-order chi connectivity index (χ1) is 26.1. The molecule has 0 atom stereocenters. The number of fused-ring (bicyclic) bond motifs is 6. The van der Waals surface area contributed by atoms with Crippen molar-refractivity contribution in [3.8, 4) is 44.5 Å². The highest BCUT2D eigenvalue weighted by atomic mass is 16.3. The smallest absolute Gasteiger partial charge is 0.136 e. The summed E-state index contributed by atoms with van der Waals surface area (Å²) in [5.74, 6) is 0. The normalized spacial score (nSPS) is 12.9. The van der Waals surface area contributed by atoms with Crippen molar-refractivity contribution in [1.29, 1.82) is 0 Å². The van der Waals surface area contributed by atoms with Crippen LogP contribution in [0, 0.1) is 0 Å². The SMILES string of the molecule is CC1(C)c2ccccc2-c2cccc(N(c3ccccc3-c3ccccc3)c3cccc(-c4ccccc4)c3-c3cccc4oc5ccccc5c34)c21. The van der Waals surface area contributed by atoms with E-state index in [4.69, 9.17) is 4.42 Å². The van der Waals surface area contributed by atoms with Gasteiger partial charge in [0.15, 0.2) is 0 Å². The molecule has 0 fully saturated rings. The molecule has 0 aliphatic heterocycles. The van der Waals surface area contributed by atoms with Crippen LogP contribution in [-0.4, -0.2) is 0 Å². The van der Waals surface area contributed by atoms with Crippen molar-refractivity contribution in [1.82, 2.24) is 0 Å². The van der Waals surface area contributed by atoms with Crippen LogP contribution in [0.1, 0.15) is 25.0 Å². The second-order valence-corrected chi connectivity index (χ2v) is 14.4. The molecule has 8 aromatic carbocycles. The van der Waals surface area contributed by atoms with Crippen molar-refractivity contribution in [3.05, 3.63) is 199 Å². The Labute approximate surface area is 310 Å². The monoisotopic (exact) mass is 679 g/mol. The maximum Gasteiger partial charge on any atom is 0.136 e. The van der Waals surface area contributed by atoms with E-state index >= 15 is 0 Å². The maximum absolute atomic E-state index is 6.52. The summed E-state index contributed by atoms with van der Waals surface area (Å²) in [6.45, 7) is 4.75. The molecule has 0 bridgehead atoms. The van der Waals surface area contributed by atoms with Crippen LogP contribution in [0.25, 0.3) is 66.4 Å². The van der Waals surface area contributed by atoms with Crippen molar-refractivity contribution in [2.45, 2.75) is 19.3 Å². The molecule has 0 radical (unpaired) electrons. The first kappa shape index (κ1) is 31.1. The van der Waals surface area contributed by atoms with Crippen LogP contribution in [0.5, 0.6) is 0 Å². The minimum atomic E-state index is -0.236. The molecular weight excluding hydrogens is 643 g/mol. The van der Waals surface area contributed by atoms with Gasteiger partial charge in [0.05, 0.1) is 17.1 Å². The standard InChI is InChI=1S/C51H37NO/c1-51(2)42-28-12-9-23-38(42)39-26-16-31-45(50(39)51)52(43-29-13-10-22-36(43)34-18-5-3-6-19-34)44-30-15-25-37(35-20-7-4-8-21-35)48(44)41-27-17-33-47-49(41)40-24-11-14-32-46(40)53-47/h3-33H,1-2H3. The lowest BCUT2D eigenvalue weighted by Crippen LogP contribution is -2.21. The number of para-hydroxylation sites is 2. The van der Waals surface area contributed by atoms with E-state index in [2.05, 4.69) is 201 Å². The zero-order chi connectivity index (χ0) is 35.5. The first-order valence-electron chi connectivity index (χ1n) is 18.4. The van der Waals surface area contributed by atoms with E-state index < -0.39 is 0 Å². The van der Waals surface area contributed by atoms with Gasteiger partial charge in [0, 0.05) is 27.3 Å². The Bertz CT molecular complexity index is 2810. The molecular formula is C51H37NO. The van der Waals surface area contributed by atoms with Gasteiger partial charge in [-0.15, -0.1) is 0 Å². The number of hydrogen-bond donors (Lipinski definition) is 0. The van der Waals surface area contributed by atoms with E-state index in [1.165, 1.54) is 39.1 Å². The molecule has 1 heterocycles. The van der Waals surface area contributed by atoms with Crippen LogP contribution in [-0.2, 0) is 5.41 Å². The number of benzene rings is 8. The largest absolute Gasteiger partial charge is 0.456 e. The Morgan fingerprint density at radius 2 is 0.925 bits per heavy atom. The Morgan fingerprint density at radius 3 is 1.72 bits per heavy atom. The van der Waals surface area contributed by atoms with Crippen LogP contribution in [0.3, 0.4) is 0 Å². The van der Waals surface area contributed by atoms with E-state index in [-0.39, 0.29) is 5.41 Å². The van der Waals surface area contributed by atoms with Gasteiger partial charge in [-0.05, 0) is 74.8 Å². The molecule has 0 saturated heterocycles. The Kier molecular flexibility index (Phi) is 7.19. The molecule has 0 spiro atoms. The zero-order valence-electron chi connectivity index (χ0n) is 29.8. The quantitative estimate of drug-likeness (QED) is 0.174. The Balaban J connectivity index is 1.36. The molecule has 1 aliphatic carbocycles. The number of hydrogen-bond acceptors (Lipinski definition) is 2. The van der Waals surface area contributed by atoms with Gasteiger partial charge in [0.25, 0.3) is 0 Å². The fraction of sp³-hybridized carbons (Fsp3) is 0.0588. The molecule has 1 aromatic heterocycles. The van der Waals surface area contributed by atoms with Gasteiger partial charge in [0.2, 0.25) is 0 Å². The van der Waals surface area contributed by atoms with E-state index in [1.54, 1.807) is 0 Å². The number of furan rings is 1. The molecule has 10 rings (SSSR count). The zero-order valence-corrected chi connectivity index (χ0v) is 29.8. The summed E-state index contributed by atoms with van der Waals surface area (Å²) in [6, 6.07) is 67.9. The van der Waals surface area contributed by atoms with Gasteiger partial charge in [-0.2, -0.15) is 0 Å². The summed E-state index contributed by atoms with van der Waals surface area (Å²) < 4.78 is 6.52. The molecule has 0 N–H and O–H groups in total. The van der Waals surface area contributed by atoms with Crippen molar-refractivity contribution >= 4 is 39.0 Å². The first-order valence-corrected chi connectivity index (χ1v) is 18.4. The third-order valence-corrected chi connectivity index (χ3v) is 11.1. The van der Waals surface area contributed by atoms with Crippen molar-refractivity contribution < 1.29 is 4.42 Å². The van der Waals surface area contributed by atoms with Crippen LogP contribution in [0.15, 0.2) is 192 Å². The summed E-state index contributed by atoms with van der Waals surface area (Å²) in [6.07, 6.45) is 0. The van der Waals surface area contributed by atoms with Gasteiger partial charge in [-0.1, -0.05) is 172 Å².